The monoisotopic (exact) mass is 494 g/mol. The van der Waals surface area contributed by atoms with Crippen LogP contribution in [0, 0.1) is 5.92 Å². The fourth-order valence-electron chi connectivity index (χ4n) is 2.18. The van der Waals surface area contributed by atoms with E-state index < -0.39 is 42.0 Å². The molecular weight excluding hydrogens is 452 g/mol. The van der Waals surface area contributed by atoms with Gasteiger partial charge in [-0.1, -0.05) is 20.3 Å². The third kappa shape index (κ3) is 29.0. The van der Waals surface area contributed by atoms with Gasteiger partial charge >= 0.3 is 23.9 Å². The molecule has 0 saturated carbocycles. The summed E-state index contributed by atoms with van der Waals surface area (Å²) in [5.41, 5.74) is 25.9. The van der Waals surface area contributed by atoms with Crippen molar-refractivity contribution in [1.82, 2.24) is 0 Å². The molecule has 34 heavy (non-hydrogen) atoms. The number of aliphatic imine (C=N–C) groups is 1. The molecule has 0 bridgehead atoms. The Morgan fingerprint density at radius 3 is 1.41 bits per heavy atom. The second-order valence-corrected chi connectivity index (χ2v) is 7.91. The Balaban J connectivity index is -0.000000431. The molecule has 0 aromatic carbocycles. The molecule has 0 fully saturated rings. The molecule has 0 rings (SSSR count). The summed E-state index contributed by atoms with van der Waals surface area (Å²) < 4.78 is 0. The molecule has 0 heterocycles. The first kappa shape index (κ1) is 35.6. The second kappa shape index (κ2) is 21.9. The number of nitrogens with zero attached hydrogens (tertiary/aromatic N) is 1. The highest BCUT2D eigenvalue weighted by molar-refractivity contribution is 5.75. The Bertz CT molecular complexity index is 626. The molecule has 14 heteroatoms. The highest BCUT2D eigenvalue weighted by atomic mass is 16.4. The summed E-state index contributed by atoms with van der Waals surface area (Å²) in [4.78, 5) is 44.4. The maximum atomic E-state index is 10.3. The van der Waals surface area contributed by atoms with Gasteiger partial charge in [0, 0.05) is 13.0 Å². The van der Waals surface area contributed by atoms with Crippen LogP contribution in [0.15, 0.2) is 4.99 Å². The van der Waals surface area contributed by atoms with Crippen molar-refractivity contribution in [2.24, 2.45) is 39.6 Å². The van der Waals surface area contributed by atoms with Crippen molar-refractivity contribution in [1.29, 1.82) is 0 Å². The molecule has 14 nitrogen and oxygen atoms in total. The molecule has 200 valence electrons. The van der Waals surface area contributed by atoms with Crippen molar-refractivity contribution in [3.05, 3.63) is 0 Å². The molecule has 14 N–H and O–H groups in total. The standard InChI is InChI=1S/C7H16N4O2.C7H13NO4.C6H13NO2/c8-5(6(12)13)3-1-2-4-11-7(9)10;8-5(7(11)12)3-1-2-4-6(9)10;1-4(2)3-5(7)6(8)9/h5H,1-4,8H2,(H,12,13)(H4,9,10,11);5H,1-4,8H2,(H,9,10)(H,11,12);4-5H,3,7H2,1-2H3,(H,8,9)/t3*5-/m000/s1. The van der Waals surface area contributed by atoms with E-state index in [0.717, 1.165) is 6.42 Å². The smallest absolute Gasteiger partial charge is 0.320 e. The lowest BCUT2D eigenvalue weighted by molar-refractivity contribution is -0.139. The van der Waals surface area contributed by atoms with Gasteiger partial charge in [0.15, 0.2) is 5.96 Å². The topological polar surface area (TPSA) is 292 Å². The van der Waals surface area contributed by atoms with Crippen LogP contribution in [0.5, 0.6) is 0 Å². The molecule has 0 unspecified atom stereocenters. The molecular formula is C20H42N6O8. The van der Waals surface area contributed by atoms with E-state index >= 15 is 0 Å². The summed E-state index contributed by atoms with van der Waals surface area (Å²) in [6.45, 7) is 4.42. The highest BCUT2D eigenvalue weighted by Gasteiger charge is 2.12. The van der Waals surface area contributed by atoms with E-state index in [4.69, 9.17) is 49.1 Å². The summed E-state index contributed by atoms with van der Waals surface area (Å²) in [7, 11) is 0. The Hall–Kier alpha value is -2.97. The van der Waals surface area contributed by atoms with Crippen LogP contribution in [-0.4, -0.2) is 74.9 Å². The molecule has 0 aromatic heterocycles. The van der Waals surface area contributed by atoms with E-state index in [-0.39, 0.29) is 12.4 Å². The third-order valence-corrected chi connectivity index (χ3v) is 4.05. The Labute approximate surface area is 199 Å². The SMILES string of the molecule is CC(C)C[C@H](N)C(=O)O.NC(N)=NCCCC[C@H](N)C(=O)O.N[C@@H](CCCCC(=O)O)C(=O)O. The Morgan fingerprint density at radius 2 is 1.12 bits per heavy atom. The first-order valence-electron chi connectivity index (χ1n) is 10.8. The van der Waals surface area contributed by atoms with Gasteiger partial charge in [-0.3, -0.25) is 24.2 Å². The zero-order chi connectivity index (χ0) is 27.3. The molecule has 0 aromatic rings. The second-order valence-electron chi connectivity index (χ2n) is 7.91. The number of carbonyl (C=O) groups is 4. The van der Waals surface area contributed by atoms with Gasteiger partial charge in [0.2, 0.25) is 0 Å². The predicted molar refractivity (Wildman–Crippen MR) is 127 cm³/mol. The van der Waals surface area contributed by atoms with E-state index in [2.05, 4.69) is 4.99 Å². The van der Waals surface area contributed by atoms with Crippen LogP contribution in [0.4, 0.5) is 0 Å². The fraction of sp³-hybridized carbons (Fsp3) is 0.750. The fourth-order valence-corrected chi connectivity index (χ4v) is 2.18. The van der Waals surface area contributed by atoms with Crippen LogP contribution >= 0.6 is 0 Å². The predicted octanol–water partition coefficient (Wildman–Crippen LogP) is -0.670. The van der Waals surface area contributed by atoms with Gasteiger partial charge in [-0.25, -0.2) is 0 Å². The molecule has 0 aliphatic carbocycles. The number of hydrogen-bond donors (Lipinski definition) is 9. The summed E-state index contributed by atoms with van der Waals surface area (Å²) in [6, 6.07) is -2.33. The quantitative estimate of drug-likeness (QED) is 0.0775. The minimum atomic E-state index is -1.04. The average molecular weight is 495 g/mol. The minimum absolute atomic E-state index is 0.0579. The van der Waals surface area contributed by atoms with Gasteiger partial charge < -0.3 is 49.1 Å². The van der Waals surface area contributed by atoms with E-state index in [1.165, 1.54) is 0 Å². The maximum Gasteiger partial charge on any atom is 0.320 e. The third-order valence-electron chi connectivity index (χ3n) is 4.05. The van der Waals surface area contributed by atoms with Gasteiger partial charge in [0.05, 0.1) is 0 Å². The van der Waals surface area contributed by atoms with Gasteiger partial charge in [0.1, 0.15) is 18.1 Å². The number of carboxylic acids is 4. The van der Waals surface area contributed by atoms with Gasteiger partial charge in [0.25, 0.3) is 0 Å². The van der Waals surface area contributed by atoms with Crippen molar-refractivity contribution < 1.29 is 39.6 Å². The van der Waals surface area contributed by atoms with E-state index in [1.54, 1.807) is 0 Å². The Kier molecular flexibility index (Phi) is 22.9. The number of hydrogen-bond acceptors (Lipinski definition) is 8. The first-order chi connectivity index (χ1) is 15.6. The summed E-state index contributed by atoms with van der Waals surface area (Å²) >= 11 is 0. The maximum absolute atomic E-state index is 10.3. The molecule has 0 aliphatic heterocycles. The summed E-state index contributed by atoms with van der Waals surface area (Å²) in [6.07, 6.45) is 3.90. The average Bonchev–Trinajstić information content (AvgIpc) is 2.70. The van der Waals surface area contributed by atoms with E-state index in [1.807, 2.05) is 13.8 Å². The number of aliphatic carboxylic acids is 4. The van der Waals surface area contributed by atoms with Crippen LogP contribution in [0.2, 0.25) is 0 Å². The van der Waals surface area contributed by atoms with Crippen molar-refractivity contribution >= 4 is 29.8 Å². The first-order valence-corrected chi connectivity index (χ1v) is 10.8. The normalized spacial score (nSPS) is 12.6. The van der Waals surface area contributed by atoms with Crippen LogP contribution in [0.25, 0.3) is 0 Å². The number of guanidine groups is 1. The van der Waals surface area contributed by atoms with Crippen LogP contribution < -0.4 is 28.7 Å². The highest BCUT2D eigenvalue weighted by Crippen LogP contribution is 2.03. The van der Waals surface area contributed by atoms with Crippen LogP contribution in [0.3, 0.4) is 0 Å². The van der Waals surface area contributed by atoms with E-state index in [9.17, 15) is 19.2 Å². The van der Waals surface area contributed by atoms with Crippen molar-refractivity contribution in [3.63, 3.8) is 0 Å². The minimum Gasteiger partial charge on any atom is -0.481 e. The number of carboxylic acid groups (broad SMARTS) is 4. The number of nitrogens with two attached hydrogens (primary N) is 5. The van der Waals surface area contributed by atoms with E-state index in [0.29, 0.717) is 51.0 Å². The molecule has 0 aliphatic rings. The largest absolute Gasteiger partial charge is 0.481 e. The lowest BCUT2D eigenvalue weighted by Crippen LogP contribution is -2.31. The van der Waals surface area contributed by atoms with Crippen LogP contribution in [0.1, 0.15) is 65.2 Å². The Morgan fingerprint density at radius 1 is 0.706 bits per heavy atom. The van der Waals surface area contributed by atoms with Crippen molar-refractivity contribution in [2.45, 2.75) is 83.3 Å². The van der Waals surface area contributed by atoms with Gasteiger partial charge in [-0.2, -0.15) is 0 Å². The molecule has 0 spiro atoms. The van der Waals surface area contributed by atoms with Gasteiger partial charge in [-0.05, 0) is 44.4 Å². The zero-order valence-electron chi connectivity index (χ0n) is 19.9. The molecule has 0 amide bonds. The summed E-state index contributed by atoms with van der Waals surface area (Å²) in [5, 5.41) is 33.3. The molecule has 0 saturated heterocycles. The summed E-state index contributed by atoms with van der Waals surface area (Å²) in [5.74, 6) is -3.37. The van der Waals surface area contributed by atoms with Crippen LogP contribution in [-0.2, 0) is 19.2 Å². The zero-order valence-corrected chi connectivity index (χ0v) is 19.9. The molecule has 3 atom stereocenters. The van der Waals surface area contributed by atoms with Gasteiger partial charge in [-0.15, -0.1) is 0 Å². The molecule has 0 radical (unpaired) electrons. The number of rotatable bonds is 15. The lowest BCUT2D eigenvalue weighted by Gasteiger charge is -2.07. The van der Waals surface area contributed by atoms with Crippen molar-refractivity contribution in [2.75, 3.05) is 6.54 Å². The number of unbranched alkanes of at least 4 members (excludes halogenated alkanes) is 2. The lowest BCUT2D eigenvalue weighted by atomic mass is 10.1. The van der Waals surface area contributed by atoms with Crippen molar-refractivity contribution in [3.8, 4) is 0 Å².